The smallest absolute Gasteiger partial charge is 0.330 e. The number of phosphoric acid groups is 1. The first-order valence-electron chi connectivity index (χ1n) is 10.7. The minimum absolute atomic E-state index is 0.0227. The molecule has 3 N–H and O–H groups in total. The number of H-pyrrole nitrogens is 1. The van der Waals surface area contributed by atoms with Crippen LogP contribution in [0.2, 0.25) is 0 Å². The lowest BCUT2D eigenvalue weighted by Crippen LogP contribution is -2.34. The Kier molecular flexibility index (Phi) is 10.5. The molecule has 0 bridgehead atoms. The van der Waals surface area contributed by atoms with Crippen LogP contribution in [0, 0.1) is 11.8 Å². The van der Waals surface area contributed by atoms with Gasteiger partial charge in [-0.1, -0.05) is 44.4 Å². The van der Waals surface area contributed by atoms with Gasteiger partial charge >= 0.3 is 5.69 Å². The topological polar surface area (TPSA) is 186 Å². The van der Waals surface area contributed by atoms with E-state index in [-0.39, 0.29) is 24.4 Å². The number of phosphoric ester groups is 1. The number of nitrogens with one attached hydrogen (secondary N) is 2. The van der Waals surface area contributed by atoms with E-state index in [1.54, 1.807) is 0 Å². The van der Waals surface area contributed by atoms with Gasteiger partial charge in [-0.2, -0.15) is 0 Å². The molecule has 0 saturated carbocycles. The van der Waals surface area contributed by atoms with Gasteiger partial charge in [0.1, 0.15) is 17.9 Å². The van der Waals surface area contributed by atoms with E-state index in [0.717, 1.165) is 42.9 Å². The number of aromatic amines is 1. The minimum atomic E-state index is -5.25. The molecule has 1 aliphatic heterocycles. The summed E-state index contributed by atoms with van der Waals surface area (Å²) in [7, 11) is -5.25. The van der Waals surface area contributed by atoms with Gasteiger partial charge in [0.25, 0.3) is 5.56 Å². The molecule has 1 fully saturated rings. The molecule has 0 radical (unpaired) electrons. The number of unbranched alkanes of at least 4 members (excludes halogenated alkanes) is 4. The number of rotatable bonds is 11. The largest absolute Gasteiger partial charge is 0.790 e. The highest BCUT2D eigenvalue weighted by atomic mass is 31.2. The maximum Gasteiger partial charge on any atom is 0.330 e. The summed E-state index contributed by atoms with van der Waals surface area (Å²) in [5.74, 6) is 5.09. The van der Waals surface area contributed by atoms with Crippen LogP contribution in [0.25, 0.3) is 0 Å². The fourth-order valence-corrected chi connectivity index (χ4v) is 3.58. The summed E-state index contributed by atoms with van der Waals surface area (Å²) >= 11 is 0. The molecule has 0 spiro atoms. The number of aliphatic hydroxyl groups is 1. The molecule has 1 aromatic rings. The molecule has 0 unspecified atom stereocenters. The Labute approximate surface area is 190 Å². The normalized spacial score (nSPS) is 20.3. The zero-order chi connectivity index (χ0) is 24.4. The lowest BCUT2D eigenvalue weighted by atomic mass is 10.1. The Bertz CT molecular complexity index is 1020. The van der Waals surface area contributed by atoms with Crippen molar-refractivity contribution in [2.45, 2.75) is 70.3 Å². The summed E-state index contributed by atoms with van der Waals surface area (Å²) in [6.07, 6.45) is 3.19. The van der Waals surface area contributed by atoms with Crippen LogP contribution in [0.4, 0.5) is 0 Å². The van der Waals surface area contributed by atoms with E-state index in [0.29, 0.717) is 6.42 Å². The fourth-order valence-electron chi connectivity index (χ4n) is 3.25. The van der Waals surface area contributed by atoms with Crippen LogP contribution in [0.15, 0.2) is 15.8 Å². The van der Waals surface area contributed by atoms with E-state index >= 15 is 0 Å². The first-order chi connectivity index (χ1) is 15.6. The van der Waals surface area contributed by atoms with Crippen LogP contribution >= 0.6 is 7.82 Å². The fraction of sp³-hybridized carbons (Fsp3) is 0.650. The van der Waals surface area contributed by atoms with E-state index in [2.05, 4.69) is 33.6 Å². The Hall–Kier alpha value is -2.26. The molecule has 1 aliphatic rings. The van der Waals surface area contributed by atoms with Crippen LogP contribution in [-0.2, 0) is 18.6 Å². The summed E-state index contributed by atoms with van der Waals surface area (Å²) in [4.78, 5) is 59.3. The van der Waals surface area contributed by atoms with Crippen molar-refractivity contribution in [3.63, 3.8) is 0 Å². The molecule has 0 aliphatic carbocycles. The highest BCUT2D eigenvalue weighted by molar-refractivity contribution is 7.43. The molecule has 13 heteroatoms. The average Bonchev–Trinajstić information content (AvgIpc) is 3.10. The first-order valence-corrected chi connectivity index (χ1v) is 12.2. The summed E-state index contributed by atoms with van der Waals surface area (Å²) in [5, 5.41) is 12.7. The molecule has 1 saturated heterocycles. The van der Waals surface area contributed by atoms with Crippen molar-refractivity contribution in [1.29, 1.82) is 0 Å². The lowest BCUT2D eigenvalue weighted by molar-refractivity contribution is -0.343. The summed E-state index contributed by atoms with van der Waals surface area (Å²) in [5.41, 5.74) is -1.62. The van der Waals surface area contributed by atoms with Crippen molar-refractivity contribution in [2.24, 2.45) is 0 Å². The second kappa shape index (κ2) is 12.8. The number of aliphatic hydroxyl groups excluding tert-OH is 1. The van der Waals surface area contributed by atoms with Gasteiger partial charge in [0, 0.05) is 19.0 Å². The maximum atomic E-state index is 12.2. The van der Waals surface area contributed by atoms with Crippen LogP contribution < -0.4 is 26.4 Å². The minimum Gasteiger partial charge on any atom is -0.790 e. The molecule has 184 valence electrons. The highest BCUT2D eigenvalue weighted by Gasteiger charge is 2.36. The van der Waals surface area contributed by atoms with Gasteiger partial charge in [-0.15, -0.1) is 0 Å². The Morgan fingerprint density at radius 1 is 1.36 bits per heavy atom. The standard InChI is InChI=1S/C20H30N3O9P/c1-2-3-4-5-6-9-17(25)21-10-7-8-14-12-23(20(27)22-19(14)26)18-11-15(24)16(32-18)13-31-33(28,29)30/h12,15-16,18,24H,2-6,9-11,13H2,1H3,(H,21,25)(H,22,26,27)(H2,28,29,30)/p-2/t15-,16+,18+/m0/s1. The summed E-state index contributed by atoms with van der Waals surface area (Å²) in [6, 6.07) is 0. The van der Waals surface area contributed by atoms with Gasteiger partial charge in [0.2, 0.25) is 5.91 Å². The SMILES string of the molecule is CCCCCCCC(=O)NCC#Cc1cn([C@H]2C[C@H](O)[C@@H](COP(=O)([O-])[O-])O2)c(=O)[nH]c1=O. The predicted molar refractivity (Wildman–Crippen MR) is 113 cm³/mol. The third-order valence-corrected chi connectivity index (χ3v) is 5.45. The molecule has 0 aromatic carbocycles. The molecule has 2 heterocycles. The molecule has 3 atom stereocenters. The van der Waals surface area contributed by atoms with Gasteiger partial charge in [-0.3, -0.25) is 19.1 Å². The summed E-state index contributed by atoms with van der Waals surface area (Å²) in [6.45, 7) is 1.43. The van der Waals surface area contributed by atoms with E-state index in [4.69, 9.17) is 4.74 Å². The van der Waals surface area contributed by atoms with Crippen molar-refractivity contribution < 1.29 is 33.5 Å². The van der Waals surface area contributed by atoms with Gasteiger partial charge in [-0.05, 0) is 6.42 Å². The van der Waals surface area contributed by atoms with E-state index in [1.807, 2.05) is 0 Å². The molecule has 1 amide bonds. The zero-order valence-corrected chi connectivity index (χ0v) is 19.2. The maximum absolute atomic E-state index is 12.2. The number of hydrogen-bond donors (Lipinski definition) is 3. The monoisotopic (exact) mass is 485 g/mol. The average molecular weight is 485 g/mol. The Balaban J connectivity index is 1.95. The van der Waals surface area contributed by atoms with Crippen LogP contribution in [0.3, 0.4) is 0 Å². The zero-order valence-electron chi connectivity index (χ0n) is 18.3. The Morgan fingerprint density at radius 3 is 2.79 bits per heavy atom. The lowest BCUT2D eigenvalue weighted by Gasteiger charge is -2.30. The van der Waals surface area contributed by atoms with Crippen LogP contribution in [0.5, 0.6) is 0 Å². The van der Waals surface area contributed by atoms with E-state index in [9.17, 15) is 33.8 Å². The van der Waals surface area contributed by atoms with Crippen molar-refractivity contribution in [3.05, 3.63) is 32.6 Å². The highest BCUT2D eigenvalue weighted by Crippen LogP contribution is 2.31. The third kappa shape index (κ3) is 9.25. The molecular formula is C20H28N3O9P-2. The number of ether oxygens (including phenoxy) is 1. The first kappa shape index (κ1) is 27.0. The number of amides is 1. The van der Waals surface area contributed by atoms with Crippen LogP contribution in [0.1, 0.15) is 63.7 Å². The second-order valence-corrected chi connectivity index (χ2v) is 8.78. The molecule has 2 rings (SSSR count). The predicted octanol–water partition coefficient (Wildman–Crippen LogP) is -1.14. The van der Waals surface area contributed by atoms with E-state index < -0.39 is 44.1 Å². The number of aromatic nitrogens is 2. The molecule has 33 heavy (non-hydrogen) atoms. The third-order valence-electron chi connectivity index (χ3n) is 4.98. The van der Waals surface area contributed by atoms with E-state index in [1.165, 1.54) is 0 Å². The van der Waals surface area contributed by atoms with Crippen LogP contribution in [-0.4, -0.2) is 45.9 Å². The molecular weight excluding hydrogens is 457 g/mol. The number of carbonyl (C=O) groups excluding carboxylic acids is 1. The quantitative estimate of drug-likeness (QED) is 0.198. The number of nitrogens with zero attached hydrogens (tertiary/aromatic N) is 1. The van der Waals surface area contributed by atoms with Gasteiger partial charge in [0.15, 0.2) is 0 Å². The summed E-state index contributed by atoms with van der Waals surface area (Å²) < 4.78 is 21.1. The van der Waals surface area contributed by atoms with Gasteiger partial charge < -0.3 is 34.0 Å². The van der Waals surface area contributed by atoms with Crippen molar-refractivity contribution in [2.75, 3.05) is 13.2 Å². The van der Waals surface area contributed by atoms with Crippen molar-refractivity contribution in [1.82, 2.24) is 14.9 Å². The molecule has 1 aromatic heterocycles. The van der Waals surface area contributed by atoms with Crippen molar-refractivity contribution in [3.8, 4) is 11.8 Å². The van der Waals surface area contributed by atoms with Gasteiger partial charge in [0.05, 0.1) is 27.1 Å². The van der Waals surface area contributed by atoms with Gasteiger partial charge in [-0.25, -0.2) is 4.79 Å². The van der Waals surface area contributed by atoms with Crippen molar-refractivity contribution >= 4 is 13.7 Å². The number of hydrogen-bond acceptors (Lipinski definition) is 9. The second-order valence-electron chi connectivity index (χ2n) is 7.63. The molecule has 12 nitrogen and oxygen atoms in total. The Morgan fingerprint density at radius 2 is 2.09 bits per heavy atom. The number of carbonyl (C=O) groups is 1.